The summed E-state index contributed by atoms with van der Waals surface area (Å²) in [5, 5.41) is 0. The van der Waals surface area contributed by atoms with Crippen molar-refractivity contribution in [3.05, 3.63) is 53.9 Å². The molecule has 0 N–H and O–H groups in total. The largest absolute Gasteiger partial charge is 0.497 e. The van der Waals surface area contributed by atoms with Gasteiger partial charge in [0.1, 0.15) is 29.8 Å². The van der Waals surface area contributed by atoms with Gasteiger partial charge in [0.25, 0.3) is 0 Å². The van der Waals surface area contributed by atoms with E-state index >= 15 is 0 Å². The Bertz CT molecular complexity index is 822. The van der Waals surface area contributed by atoms with E-state index in [1.165, 1.54) is 0 Å². The molecule has 1 aliphatic rings. The van der Waals surface area contributed by atoms with Gasteiger partial charge in [-0.05, 0) is 36.8 Å². The van der Waals surface area contributed by atoms with Gasteiger partial charge >= 0.3 is 0 Å². The highest BCUT2D eigenvalue weighted by molar-refractivity contribution is 5.94. The number of hydrogen-bond donors (Lipinski definition) is 0. The molecule has 1 fully saturated rings. The second-order valence-corrected chi connectivity index (χ2v) is 6.39. The number of carbonyl (C=O) groups excluding carboxylic acids is 2. The lowest BCUT2D eigenvalue weighted by Gasteiger charge is -2.38. The number of aromatic nitrogens is 1. The number of methoxy groups -OCH3 is 2. The van der Waals surface area contributed by atoms with Gasteiger partial charge in [0.2, 0.25) is 11.8 Å². The van der Waals surface area contributed by atoms with E-state index in [-0.39, 0.29) is 24.9 Å². The van der Waals surface area contributed by atoms with Gasteiger partial charge in [-0.3, -0.25) is 14.6 Å². The highest BCUT2D eigenvalue weighted by Crippen LogP contribution is 2.22. The number of rotatable bonds is 6. The molecule has 1 atom stereocenters. The Morgan fingerprint density at radius 2 is 1.81 bits per heavy atom. The Morgan fingerprint density at radius 1 is 1.07 bits per heavy atom. The summed E-state index contributed by atoms with van der Waals surface area (Å²) in [4.78, 5) is 32.9. The van der Waals surface area contributed by atoms with Crippen LogP contribution in [0, 0.1) is 0 Å². The van der Waals surface area contributed by atoms with Crippen molar-refractivity contribution in [2.75, 3.05) is 20.8 Å². The first-order valence-electron chi connectivity index (χ1n) is 8.72. The Labute approximate surface area is 158 Å². The van der Waals surface area contributed by atoms with E-state index in [4.69, 9.17) is 9.47 Å². The summed E-state index contributed by atoms with van der Waals surface area (Å²) in [5.41, 5.74) is 1.58. The van der Waals surface area contributed by atoms with E-state index in [0.717, 1.165) is 11.3 Å². The van der Waals surface area contributed by atoms with Gasteiger partial charge in [-0.1, -0.05) is 12.1 Å². The van der Waals surface area contributed by atoms with Crippen LogP contribution in [0.2, 0.25) is 0 Å². The second kappa shape index (κ2) is 8.07. The van der Waals surface area contributed by atoms with Crippen LogP contribution < -0.4 is 9.47 Å². The maximum atomic E-state index is 12.8. The SMILES string of the molecule is COc1ccc(CN2CC(=O)N(Cc3ncccc3OC)[C@@H](C)C2=O)cc1. The Kier molecular flexibility index (Phi) is 5.59. The average molecular weight is 369 g/mol. The van der Waals surface area contributed by atoms with E-state index in [1.54, 1.807) is 49.3 Å². The fraction of sp³-hybridized carbons (Fsp3) is 0.350. The molecule has 27 heavy (non-hydrogen) atoms. The smallest absolute Gasteiger partial charge is 0.245 e. The molecule has 0 bridgehead atoms. The molecule has 0 spiro atoms. The van der Waals surface area contributed by atoms with Crippen LogP contribution in [-0.4, -0.2) is 53.4 Å². The summed E-state index contributed by atoms with van der Waals surface area (Å²) in [6, 6.07) is 10.5. The molecule has 3 rings (SSSR count). The minimum absolute atomic E-state index is 0.0460. The quantitative estimate of drug-likeness (QED) is 0.777. The summed E-state index contributed by atoms with van der Waals surface area (Å²) < 4.78 is 10.4. The van der Waals surface area contributed by atoms with E-state index in [9.17, 15) is 9.59 Å². The van der Waals surface area contributed by atoms with E-state index in [2.05, 4.69) is 4.98 Å². The van der Waals surface area contributed by atoms with Crippen LogP contribution in [0.25, 0.3) is 0 Å². The lowest BCUT2D eigenvalue weighted by Crippen LogP contribution is -2.58. The summed E-state index contributed by atoms with van der Waals surface area (Å²) >= 11 is 0. The first-order valence-corrected chi connectivity index (χ1v) is 8.72. The standard InChI is InChI=1S/C20H23N3O4/c1-14-20(25)22(11-15-6-8-16(26-2)9-7-15)13-19(24)23(14)12-17-18(27-3)5-4-10-21-17/h4-10,14H,11-13H2,1-3H3/t14-/m0/s1. The molecular weight excluding hydrogens is 346 g/mol. The van der Waals surface area contributed by atoms with Crippen molar-refractivity contribution in [2.45, 2.75) is 26.1 Å². The van der Waals surface area contributed by atoms with Crippen LogP contribution in [0.1, 0.15) is 18.2 Å². The molecule has 142 valence electrons. The molecule has 1 aromatic carbocycles. The van der Waals surface area contributed by atoms with Gasteiger partial charge < -0.3 is 19.3 Å². The summed E-state index contributed by atoms with van der Waals surface area (Å²) in [7, 11) is 3.17. The number of carbonyl (C=O) groups is 2. The van der Waals surface area contributed by atoms with Crippen LogP contribution in [0.3, 0.4) is 0 Å². The first kappa shape index (κ1) is 18.7. The van der Waals surface area contributed by atoms with Crippen LogP contribution in [0.15, 0.2) is 42.6 Å². The number of pyridine rings is 1. The molecule has 1 aliphatic heterocycles. The number of benzene rings is 1. The normalized spacial score (nSPS) is 17.2. The monoisotopic (exact) mass is 369 g/mol. The third-order valence-electron chi connectivity index (χ3n) is 4.70. The van der Waals surface area contributed by atoms with Crippen LogP contribution in [0.5, 0.6) is 11.5 Å². The maximum Gasteiger partial charge on any atom is 0.245 e. The fourth-order valence-corrected chi connectivity index (χ4v) is 3.14. The highest BCUT2D eigenvalue weighted by Gasteiger charge is 2.36. The number of hydrogen-bond acceptors (Lipinski definition) is 5. The van der Waals surface area contributed by atoms with Crippen molar-refractivity contribution < 1.29 is 19.1 Å². The molecule has 1 saturated heterocycles. The van der Waals surface area contributed by atoms with Crippen molar-refractivity contribution in [2.24, 2.45) is 0 Å². The zero-order chi connectivity index (χ0) is 19.4. The molecule has 7 nitrogen and oxygen atoms in total. The third kappa shape index (κ3) is 4.02. The lowest BCUT2D eigenvalue weighted by atomic mass is 10.1. The van der Waals surface area contributed by atoms with E-state index in [1.807, 2.05) is 24.3 Å². The molecule has 0 saturated carbocycles. The topological polar surface area (TPSA) is 72.0 Å². The zero-order valence-corrected chi connectivity index (χ0v) is 15.7. The van der Waals surface area contributed by atoms with Gasteiger partial charge in [-0.2, -0.15) is 0 Å². The molecule has 2 aromatic rings. The summed E-state index contributed by atoms with van der Waals surface area (Å²) in [6.45, 7) is 2.42. The van der Waals surface area contributed by atoms with Gasteiger partial charge in [0, 0.05) is 12.7 Å². The second-order valence-electron chi connectivity index (χ2n) is 6.39. The van der Waals surface area contributed by atoms with Gasteiger partial charge in [-0.25, -0.2) is 0 Å². The summed E-state index contributed by atoms with van der Waals surface area (Å²) in [5.74, 6) is 1.16. The molecule has 7 heteroatoms. The lowest BCUT2D eigenvalue weighted by molar-refractivity contribution is -0.156. The number of nitrogens with zero attached hydrogens (tertiary/aromatic N) is 3. The Morgan fingerprint density at radius 3 is 2.48 bits per heavy atom. The molecule has 2 heterocycles. The van der Waals surface area contributed by atoms with Crippen molar-refractivity contribution in [1.29, 1.82) is 0 Å². The van der Waals surface area contributed by atoms with Crippen LogP contribution in [-0.2, 0) is 22.7 Å². The number of ether oxygens (including phenoxy) is 2. The van der Waals surface area contributed by atoms with Crippen molar-refractivity contribution >= 4 is 11.8 Å². The molecule has 0 radical (unpaired) electrons. The minimum Gasteiger partial charge on any atom is -0.497 e. The van der Waals surface area contributed by atoms with Crippen LogP contribution in [0.4, 0.5) is 0 Å². The fourth-order valence-electron chi connectivity index (χ4n) is 3.14. The van der Waals surface area contributed by atoms with E-state index < -0.39 is 6.04 Å². The number of piperazine rings is 1. The minimum atomic E-state index is -0.559. The van der Waals surface area contributed by atoms with Gasteiger partial charge in [-0.15, -0.1) is 0 Å². The Hall–Kier alpha value is -3.09. The predicted molar refractivity (Wildman–Crippen MR) is 99.2 cm³/mol. The van der Waals surface area contributed by atoms with Crippen LogP contribution >= 0.6 is 0 Å². The van der Waals surface area contributed by atoms with Gasteiger partial charge in [0.15, 0.2) is 0 Å². The molecule has 0 unspecified atom stereocenters. The molecule has 1 aromatic heterocycles. The molecule has 0 aliphatic carbocycles. The Balaban J connectivity index is 1.72. The van der Waals surface area contributed by atoms with Crippen molar-refractivity contribution in [3.8, 4) is 11.5 Å². The molecular formula is C20H23N3O4. The van der Waals surface area contributed by atoms with Crippen molar-refractivity contribution in [1.82, 2.24) is 14.8 Å². The predicted octanol–water partition coefficient (Wildman–Crippen LogP) is 1.86. The van der Waals surface area contributed by atoms with Gasteiger partial charge in [0.05, 0.1) is 20.8 Å². The average Bonchev–Trinajstić information content (AvgIpc) is 2.70. The molecule has 2 amide bonds. The first-order chi connectivity index (χ1) is 13.0. The maximum absolute atomic E-state index is 12.8. The zero-order valence-electron chi connectivity index (χ0n) is 15.7. The summed E-state index contributed by atoms with van der Waals surface area (Å²) in [6.07, 6.45) is 1.65. The van der Waals surface area contributed by atoms with Crippen molar-refractivity contribution in [3.63, 3.8) is 0 Å². The highest BCUT2D eigenvalue weighted by atomic mass is 16.5. The number of amides is 2. The third-order valence-corrected chi connectivity index (χ3v) is 4.70. The van der Waals surface area contributed by atoms with E-state index in [0.29, 0.717) is 18.0 Å².